The van der Waals surface area contributed by atoms with Gasteiger partial charge >= 0.3 is 0 Å². The first-order valence-electron chi connectivity index (χ1n) is 7.05. The molecule has 1 heterocycles. The average Bonchev–Trinajstić information content (AvgIpc) is 2.47. The Hall–Kier alpha value is -1.94. The van der Waals surface area contributed by atoms with Crippen LogP contribution in [0.5, 0.6) is 0 Å². The van der Waals surface area contributed by atoms with E-state index in [9.17, 15) is 4.79 Å². The van der Waals surface area contributed by atoms with E-state index in [4.69, 9.17) is 5.73 Å². The van der Waals surface area contributed by atoms with Gasteiger partial charge in [-0.3, -0.25) is 9.78 Å². The fourth-order valence-electron chi connectivity index (χ4n) is 2.16. The highest BCUT2D eigenvalue weighted by atomic mass is 16.1. The highest BCUT2D eigenvalue weighted by molar-refractivity contribution is 5.81. The molecule has 0 aliphatic carbocycles. The number of rotatable bonds is 6. The Morgan fingerprint density at radius 1 is 1.35 bits per heavy atom. The minimum Gasteiger partial charge on any atom is -0.356 e. The smallest absolute Gasteiger partial charge is 0.221 e. The lowest BCUT2D eigenvalue weighted by molar-refractivity contribution is -0.121. The van der Waals surface area contributed by atoms with Crippen LogP contribution < -0.4 is 11.1 Å². The summed E-state index contributed by atoms with van der Waals surface area (Å²) in [7, 11) is 0. The van der Waals surface area contributed by atoms with Gasteiger partial charge in [0.2, 0.25) is 5.91 Å². The standard InChI is InChI=1S/C16H21N3O/c1-2-14(17)11-15(20)18-10-8-13-6-3-5-12-7-4-9-19-16(12)13/h3-7,9,14H,2,8,10-11,17H2,1H3,(H,18,20). The molecule has 1 aromatic carbocycles. The third kappa shape index (κ3) is 3.78. The van der Waals surface area contributed by atoms with Gasteiger partial charge in [-0.2, -0.15) is 0 Å². The van der Waals surface area contributed by atoms with E-state index in [-0.39, 0.29) is 11.9 Å². The first-order valence-corrected chi connectivity index (χ1v) is 7.05. The second kappa shape index (κ2) is 7.01. The summed E-state index contributed by atoms with van der Waals surface area (Å²) in [5.74, 6) is 0.0209. The van der Waals surface area contributed by atoms with Crippen LogP contribution >= 0.6 is 0 Å². The first-order chi connectivity index (χ1) is 9.70. The number of carbonyl (C=O) groups excluding carboxylic acids is 1. The van der Waals surface area contributed by atoms with Crippen LogP contribution in [0.15, 0.2) is 36.5 Å². The van der Waals surface area contributed by atoms with Crippen molar-refractivity contribution in [3.63, 3.8) is 0 Å². The number of hydrogen-bond donors (Lipinski definition) is 2. The Bertz CT molecular complexity index is 577. The molecule has 0 fully saturated rings. The summed E-state index contributed by atoms with van der Waals surface area (Å²) in [5, 5.41) is 4.04. The molecule has 0 radical (unpaired) electrons. The van der Waals surface area contributed by atoms with Gasteiger partial charge in [-0.15, -0.1) is 0 Å². The summed E-state index contributed by atoms with van der Waals surface area (Å²) in [4.78, 5) is 16.1. The summed E-state index contributed by atoms with van der Waals surface area (Å²) in [6, 6.07) is 10.1. The normalized spacial score (nSPS) is 12.3. The van der Waals surface area contributed by atoms with Crippen molar-refractivity contribution in [2.75, 3.05) is 6.54 Å². The number of amides is 1. The van der Waals surface area contributed by atoms with Crippen molar-refractivity contribution in [3.8, 4) is 0 Å². The van der Waals surface area contributed by atoms with Gasteiger partial charge in [-0.25, -0.2) is 0 Å². The van der Waals surface area contributed by atoms with Crippen LogP contribution in [0.1, 0.15) is 25.3 Å². The fourth-order valence-corrected chi connectivity index (χ4v) is 2.16. The maximum atomic E-state index is 11.7. The van der Waals surface area contributed by atoms with Crippen molar-refractivity contribution in [3.05, 3.63) is 42.1 Å². The van der Waals surface area contributed by atoms with Crippen LogP contribution in [0.2, 0.25) is 0 Å². The minimum atomic E-state index is -0.0470. The zero-order chi connectivity index (χ0) is 14.4. The number of nitrogens with two attached hydrogens (primary N) is 1. The van der Waals surface area contributed by atoms with Crippen LogP contribution in [-0.4, -0.2) is 23.5 Å². The third-order valence-electron chi connectivity index (χ3n) is 3.40. The van der Waals surface area contributed by atoms with Crippen LogP contribution in [-0.2, 0) is 11.2 Å². The zero-order valence-corrected chi connectivity index (χ0v) is 11.8. The van der Waals surface area contributed by atoms with Crippen molar-refractivity contribution in [2.45, 2.75) is 32.2 Å². The Morgan fingerprint density at radius 2 is 2.15 bits per heavy atom. The molecular formula is C16H21N3O. The van der Waals surface area contributed by atoms with Gasteiger partial charge in [0.25, 0.3) is 0 Å². The Labute approximate surface area is 119 Å². The topological polar surface area (TPSA) is 68.0 Å². The van der Waals surface area contributed by atoms with Gasteiger partial charge in [0.1, 0.15) is 0 Å². The predicted octanol–water partition coefficient (Wildman–Crippen LogP) is 2.02. The molecule has 2 rings (SSSR count). The molecule has 1 aromatic heterocycles. The molecule has 0 spiro atoms. The summed E-state index contributed by atoms with van der Waals surface area (Å²) < 4.78 is 0. The zero-order valence-electron chi connectivity index (χ0n) is 11.8. The second-order valence-corrected chi connectivity index (χ2v) is 4.96. The number of hydrogen-bond acceptors (Lipinski definition) is 3. The monoisotopic (exact) mass is 271 g/mol. The molecule has 4 nitrogen and oxygen atoms in total. The summed E-state index contributed by atoms with van der Waals surface area (Å²) in [5.41, 5.74) is 7.92. The number of benzene rings is 1. The Kier molecular flexibility index (Phi) is 5.07. The third-order valence-corrected chi connectivity index (χ3v) is 3.40. The molecule has 0 aliphatic heterocycles. The van der Waals surface area contributed by atoms with E-state index in [0.717, 1.165) is 29.3 Å². The number of para-hydroxylation sites is 1. The molecule has 1 amide bonds. The molecule has 1 unspecified atom stereocenters. The van der Waals surface area contributed by atoms with Crippen molar-refractivity contribution >= 4 is 16.8 Å². The van der Waals surface area contributed by atoms with Crippen molar-refractivity contribution in [1.29, 1.82) is 0 Å². The number of nitrogens with one attached hydrogen (secondary N) is 1. The van der Waals surface area contributed by atoms with Gasteiger partial charge in [0.05, 0.1) is 5.52 Å². The molecule has 4 heteroatoms. The summed E-state index contributed by atoms with van der Waals surface area (Å²) in [6.07, 6.45) is 3.79. The number of aromatic nitrogens is 1. The van der Waals surface area contributed by atoms with E-state index in [1.54, 1.807) is 6.20 Å². The maximum absolute atomic E-state index is 11.7. The molecule has 0 bridgehead atoms. The van der Waals surface area contributed by atoms with Crippen molar-refractivity contribution in [1.82, 2.24) is 10.3 Å². The van der Waals surface area contributed by atoms with Crippen LogP contribution in [0.25, 0.3) is 10.9 Å². The first kappa shape index (κ1) is 14.5. The van der Waals surface area contributed by atoms with Gasteiger partial charge in [0, 0.05) is 30.6 Å². The van der Waals surface area contributed by atoms with Crippen molar-refractivity contribution < 1.29 is 4.79 Å². The second-order valence-electron chi connectivity index (χ2n) is 4.96. The van der Waals surface area contributed by atoms with E-state index < -0.39 is 0 Å². The SMILES string of the molecule is CCC(N)CC(=O)NCCc1cccc2cccnc12. The molecular weight excluding hydrogens is 250 g/mol. The molecule has 1 atom stereocenters. The number of fused-ring (bicyclic) bond motifs is 1. The van der Waals surface area contributed by atoms with Gasteiger partial charge in [-0.05, 0) is 24.5 Å². The Balaban J connectivity index is 1.92. The summed E-state index contributed by atoms with van der Waals surface area (Å²) in [6.45, 7) is 2.60. The van der Waals surface area contributed by atoms with E-state index in [1.807, 2.05) is 31.2 Å². The molecule has 0 saturated carbocycles. The molecule has 0 saturated heterocycles. The summed E-state index contributed by atoms with van der Waals surface area (Å²) >= 11 is 0. The lowest BCUT2D eigenvalue weighted by Gasteiger charge is -2.10. The van der Waals surface area contributed by atoms with Crippen molar-refractivity contribution in [2.24, 2.45) is 5.73 Å². The van der Waals surface area contributed by atoms with Gasteiger partial charge < -0.3 is 11.1 Å². The fraction of sp³-hybridized carbons (Fsp3) is 0.375. The van der Waals surface area contributed by atoms with Gasteiger partial charge in [-0.1, -0.05) is 31.2 Å². The Morgan fingerprint density at radius 3 is 2.95 bits per heavy atom. The van der Waals surface area contributed by atoms with E-state index >= 15 is 0 Å². The highest BCUT2D eigenvalue weighted by Gasteiger charge is 2.07. The maximum Gasteiger partial charge on any atom is 0.221 e. The average molecular weight is 271 g/mol. The number of nitrogens with zero attached hydrogens (tertiary/aromatic N) is 1. The molecule has 106 valence electrons. The molecule has 0 aliphatic rings. The number of pyridine rings is 1. The molecule has 20 heavy (non-hydrogen) atoms. The quantitative estimate of drug-likeness (QED) is 0.844. The van der Waals surface area contributed by atoms with Gasteiger partial charge in [0.15, 0.2) is 0 Å². The number of carbonyl (C=O) groups is 1. The molecule has 3 N–H and O–H groups in total. The van der Waals surface area contributed by atoms with Crippen LogP contribution in [0.4, 0.5) is 0 Å². The largest absolute Gasteiger partial charge is 0.356 e. The van der Waals surface area contributed by atoms with E-state index in [2.05, 4.69) is 16.4 Å². The lowest BCUT2D eigenvalue weighted by Crippen LogP contribution is -2.32. The van der Waals surface area contributed by atoms with E-state index in [0.29, 0.717) is 13.0 Å². The van der Waals surface area contributed by atoms with Crippen LogP contribution in [0, 0.1) is 0 Å². The highest BCUT2D eigenvalue weighted by Crippen LogP contribution is 2.15. The van der Waals surface area contributed by atoms with E-state index in [1.165, 1.54) is 0 Å². The lowest BCUT2D eigenvalue weighted by atomic mass is 10.1. The van der Waals surface area contributed by atoms with Crippen LogP contribution in [0.3, 0.4) is 0 Å². The molecule has 2 aromatic rings. The predicted molar refractivity (Wildman–Crippen MR) is 81.3 cm³/mol. The minimum absolute atomic E-state index is 0.0209.